The maximum Gasteiger partial charge on any atom is 0.190 e. The van der Waals surface area contributed by atoms with Crippen LogP contribution in [0.2, 0.25) is 0 Å². The van der Waals surface area contributed by atoms with Crippen molar-refractivity contribution < 1.29 is 18.0 Å². The van der Waals surface area contributed by atoms with Crippen molar-refractivity contribution in [1.29, 1.82) is 0 Å². The standard InChI is InChI=1S/C17H14BrF3N2O/c1-9(4-16(24)13-3-2-11(18)6-14(13)20)23-8-10-5-12(19)7-15(21)17(10)22/h2-7,23H,8,22H2,1H3/b9-4+. The van der Waals surface area contributed by atoms with Crippen LogP contribution in [0, 0.1) is 17.5 Å². The second-order valence-electron chi connectivity index (χ2n) is 5.13. The van der Waals surface area contributed by atoms with Crippen molar-refractivity contribution in [1.82, 2.24) is 5.32 Å². The van der Waals surface area contributed by atoms with E-state index in [2.05, 4.69) is 21.2 Å². The third kappa shape index (κ3) is 4.38. The van der Waals surface area contributed by atoms with Gasteiger partial charge in [-0.3, -0.25) is 4.79 Å². The molecule has 2 rings (SSSR count). The Morgan fingerprint density at radius 3 is 2.58 bits per heavy atom. The summed E-state index contributed by atoms with van der Waals surface area (Å²) in [4.78, 5) is 12.1. The second-order valence-corrected chi connectivity index (χ2v) is 6.05. The molecule has 24 heavy (non-hydrogen) atoms. The average molecular weight is 399 g/mol. The van der Waals surface area contributed by atoms with Gasteiger partial charge in [0.1, 0.15) is 17.5 Å². The van der Waals surface area contributed by atoms with Crippen LogP contribution in [0.4, 0.5) is 18.9 Å². The fraction of sp³-hybridized carbons (Fsp3) is 0.118. The largest absolute Gasteiger partial charge is 0.396 e. The molecule has 0 fully saturated rings. The van der Waals surface area contributed by atoms with Gasteiger partial charge in [-0.2, -0.15) is 0 Å². The molecule has 2 aromatic carbocycles. The summed E-state index contributed by atoms with van der Waals surface area (Å²) < 4.78 is 40.8. The predicted octanol–water partition coefficient (Wildman–Crippen LogP) is 4.32. The molecule has 0 spiro atoms. The first-order valence-corrected chi connectivity index (χ1v) is 7.72. The topological polar surface area (TPSA) is 55.1 Å². The van der Waals surface area contributed by atoms with Crippen LogP contribution < -0.4 is 11.1 Å². The highest BCUT2D eigenvalue weighted by Gasteiger charge is 2.11. The molecule has 7 heteroatoms. The van der Waals surface area contributed by atoms with E-state index in [1.807, 2.05) is 0 Å². The molecule has 0 amide bonds. The van der Waals surface area contributed by atoms with Crippen molar-refractivity contribution >= 4 is 27.4 Å². The molecule has 3 nitrogen and oxygen atoms in total. The first-order chi connectivity index (χ1) is 11.3. The number of nitrogens with one attached hydrogen (secondary N) is 1. The Bertz CT molecular complexity index is 822. The minimum absolute atomic E-state index is 0.0267. The van der Waals surface area contributed by atoms with Gasteiger partial charge in [-0.15, -0.1) is 0 Å². The van der Waals surface area contributed by atoms with Crippen molar-refractivity contribution in [3.63, 3.8) is 0 Å². The van der Waals surface area contributed by atoms with Crippen LogP contribution in [0.3, 0.4) is 0 Å². The SMILES string of the molecule is C/C(=C\C(=O)c1ccc(Br)cc1F)NCc1cc(F)cc(F)c1N. The lowest BCUT2D eigenvalue weighted by Gasteiger charge is -2.10. The third-order valence-electron chi connectivity index (χ3n) is 3.28. The van der Waals surface area contributed by atoms with E-state index in [1.54, 1.807) is 13.0 Å². The molecule has 0 bridgehead atoms. The molecule has 0 unspecified atom stereocenters. The molecule has 0 aliphatic heterocycles. The Labute approximate surface area is 145 Å². The Kier molecular flexibility index (Phi) is 5.66. The molecule has 0 aliphatic rings. The van der Waals surface area contributed by atoms with Crippen LogP contribution in [0.1, 0.15) is 22.8 Å². The lowest BCUT2D eigenvalue weighted by molar-refractivity contribution is 0.104. The zero-order chi connectivity index (χ0) is 17.9. The summed E-state index contributed by atoms with van der Waals surface area (Å²) in [5, 5.41) is 2.82. The van der Waals surface area contributed by atoms with E-state index in [-0.39, 0.29) is 23.4 Å². The number of benzene rings is 2. The quantitative estimate of drug-likeness (QED) is 0.447. The second kappa shape index (κ2) is 7.53. The van der Waals surface area contributed by atoms with E-state index in [1.165, 1.54) is 18.2 Å². The van der Waals surface area contributed by atoms with Gasteiger partial charge in [0.15, 0.2) is 5.78 Å². The maximum absolute atomic E-state index is 13.7. The number of anilines is 1. The summed E-state index contributed by atoms with van der Waals surface area (Å²) in [6.45, 7) is 1.61. The smallest absolute Gasteiger partial charge is 0.190 e. The van der Waals surface area contributed by atoms with Crippen LogP contribution in [-0.2, 0) is 6.54 Å². The Morgan fingerprint density at radius 2 is 1.92 bits per heavy atom. The van der Waals surface area contributed by atoms with Crippen molar-refractivity contribution in [3.8, 4) is 0 Å². The molecular formula is C17H14BrF3N2O. The summed E-state index contributed by atoms with van der Waals surface area (Å²) >= 11 is 3.11. The zero-order valence-electron chi connectivity index (χ0n) is 12.7. The van der Waals surface area contributed by atoms with Crippen LogP contribution >= 0.6 is 15.9 Å². The highest BCUT2D eigenvalue weighted by atomic mass is 79.9. The number of hydrogen-bond acceptors (Lipinski definition) is 3. The number of nitrogens with two attached hydrogens (primary N) is 1. The van der Waals surface area contributed by atoms with Crippen LogP contribution in [0.5, 0.6) is 0 Å². The minimum atomic E-state index is -0.846. The fourth-order valence-electron chi connectivity index (χ4n) is 2.03. The maximum atomic E-state index is 13.7. The van der Waals surface area contributed by atoms with Crippen molar-refractivity contribution in [2.24, 2.45) is 0 Å². The molecule has 0 radical (unpaired) electrons. The van der Waals surface area contributed by atoms with Gasteiger partial charge in [0.05, 0.1) is 11.3 Å². The van der Waals surface area contributed by atoms with Gasteiger partial charge < -0.3 is 11.1 Å². The van der Waals surface area contributed by atoms with Crippen LogP contribution in [-0.4, -0.2) is 5.78 Å². The molecule has 0 heterocycles. The van der Waals surface area contributed by atoms with E-state index in [0.717, 1.165) is 6.07 Å². The molecule has 0 atom stereocenters. The van der Waals surface area contributed by atoms with Gasteiger partial charge in [-0.25, -0.2) is 13.2 Å². The van der Waals surface area contributed by atoms with Crippen molar-refractivity contribution in [3.05, 3.63) is 75.2 Å². The predicted molar refractivity (Wildman–Crippen MR) is 89.8 cm³/mol. The number of ketones is 1. The van der Waals surface area contributed by atoms with E-state index in [0.29, 0.717) is 16.2 Å². The lowest BCUT2D eigenvalue weighted by Crippen LogP contribution is -2.14. The summed E-state index contributed by atoms with van der Waals surface area (Å²) in [7, 11) is 0. The Balaban J connectivity index is 2.10. The van der Waals surface area contributed by atoms with E-state index in [4.69, 9.17) is 5.73 Å². The molecule has 0 saturated heterocycles. The van der Waals surface area contributed by atoms with Crippen molar-refractivity contribution in [2.75, 3.05) is 5.73 Å². The first kappa shape index (κ1) is 18.1. The van der Waals surface area contributed by atoms with Gasteiger partial charge in [-0.05, 0) is 36.8 Å². The fourth-order valence-corrected chi connectivity index (χ4v) is 2.37. The molecule has 0 aromatic heterocycles. The summed E-state index contributed by atoms with van der Waals surface area (Å²) in [6.07, 6.45) is 1.21. The molecule has 126 valence electrons. The van der Waals surface area contributed by atoms with Gasteiger partial charge in [0, 0.05) is 28.9 Å². The summed E-state index contributed by atoms with van der Waals surface area (Å²) in [6, 6.07) is 5.92. The molecular weight excluding hydrogens is 385 g/mol. The first-order valence-electron chi connectivity index (χ1n) is 6.93. The van der Waals surface area contributed by atoms with E-state index in [9.17, 15) is 18.0 Å². The average Bonchev–Trinajstić information content (AvgIpc) is 2.49. The minimum Gasteiger partial charge on any atom is -0.396 e. The van der Waals surface area contributed by atoms with Crippen molar-refractivity contribution in [2.45, 2.75) is 13.5 Å². The van der Waals surface area contributed by atoms with E-state index >= 15 is 0 Å². The zero-order valence-corrected chi connectivity index (χ0v) is 14.3. The van der Waals surface area contributed by atoms with Gasteiger partial charge in [0.2, 0.25) is 0 Å². The van der Waals surface area contributed by atoms with E-state index < -0.39 is 23.2 Å². The molecule has 2 aromatic rings. The van der Waals surface area contributed by atoms with Gasteiger partial charge >= 0.3 is 0 Å². The number of carbonyl (C=O) groups excluding carboxylic acids is 1. The number of nitrogen functional groups attached to an aromatic ring is 1. The molecule has 0 saturated carbocycles. The number of halogens is 4. The third-order valence-corrected chi connectivity index (χ3v) is 3.78. The highest BCUT2D eigenvalue weighted by molar-refractivity contribution is 9.10. The van der Waals surface area contributed by atoms with Gasteiger partial charge in [-0.1, -0.05) is 15.9 Å². The number of hydrogen-bond donors (Lipinski definition) is 2. The number of allylic oxidation sites excluding steroid dienone is 2. The number of rotatable bonds is 5. The summed E-state index contributed by atoms with van der Waals surface area (Å²) in [5.74, 6) is -2.76. The van der Waals surface area contributed by atoms with Crippen LogP contribution in [0.25, 0.3) is 0 Å². The number of carbonyl (C=O) groups is 1. The highest BCUT2D eigenvalue weighted by Crippen LogP contribution is 2.19. The van der Waals surface area contributed by atoms with Gasteiger partial charge in [0.25, 0.3) is 0 Å². The molecule has 0 aliphatic carbocycles. The lowest BCUT2D eigenvalue weighted by atomic mass is 10.1. The normalized spacial score (nSPS) is 11.5. The summed E-state index contributed by atoms with van der Waals surface area (Å²) in [5.41, 5.74) is 5.94. The Morgan fingerprint density at radius 1 is 1.21 bits per heavy atom. The molecule has 3 N–H and O–H groups in total. The Hall–Kier alpha value is -2.28. The van der Waals surface area contributed by atoms with Crippen LogP contribution in [0.15, 0.2) is 46.6 Å². The monoisotopic (exact) mass is 398 g/mol.